The lowest BCUT2D eigenvalue weighted by Gasteiger charge is -2.16. The predicted molar refractivity (Wildman–Crippen MR) is 103 cm³/mol. The molecule has 0 saturated heterocycles. The highest BCUT2D eigenvalue weighted by molar-refractivity contribution is 5.81. The lowest BCUT2D eigenvalue weighted by atomic mass is 10.0. The van der Waals surface area contributed by atoms with Gasteiger partial charge < -0.3 is 15.9 Å². The van der Waals surface area contributed by atoms with Crippen LogP contribution in [0.3, 0.4) is 0 Å². The lowest BCUT2D eigenvalue weighted by molar-refractivity contribution is -0.184. The van der Waals surface area contributed by atoms with E-state index < -0.39 is 11.7 Å². The molecule has 144 valence electrons. The minimum atomic E-state index is -2.32. The second kappa shape index (κ2) is 18.5. The number of unbranched alkanes of at least 4 members (excludes halogenated alkanes) is 13. The molecule has 0 aromatic rings. The molecule has 0 aliphatic rings. The fourth-order valence-electron chi connectivity index (χ4n) is 2.69. The molecular weight excluding hydrogens is 302 g/mol. The molecule has 0 atom stereocenters. The van der Waals surface area contributed by atoms with Crippen molar-refractivity contribution in [3.63, 3.8) is 0 Å². The van der Waals surface area contributed by atoms with Crippen molar-refractivity contribution in [2.24, 2.45) is 5.73 Å². The normalized spacial score (nSPS) is 11.0. The third-order valence-electron chi connectivity index (χ3n) is 4.27. The number of hydrogen-bond donors (Lipinski definition) is 3. The van der Waals surface area contributed by atoms with Crippen LogP contribution in [0.25, 0.3) is 0 Å². The first kappa shape index (κ1) is 25.4. The standard InChI is InChI=1S/C18H37NO3.C2H4/c1-2-3-4-5-6-7-8-9-10-11-12-13-14-15-16-18(21,22)17(19)20;1-2/h21-22H,2-16H2,1H3,(H2,19,20);1-2H2. The van der Waals surface area contributed by atoms with Crippen molar-refractivity contribution in [2.45, 2.75) is 109 Å². The summed E-state index contributed by atoms with van der Waals surface area (Å²) in [6.07, 6.45) is 17.4. The number of hydrogen-bond acceptors (Lipinski definition) is 3. The second-order valence-electron chi connectivity index (χ2n) is 6.53. The number of amides is 1. The quantitative estimate of drug-likeness (QED) is 0.213. The van der Waals surface area contributed by atoms with Gasteiger partial charge in [0.1, 0.15) is 0 Å². The van der Waals surface area contributed by atoms with Gasteiger partial charge in [-0.3, -0.25) is 4.79 Å². The van der Waals surface area contributed by atoms with Gasteiger partial charge in [0.05, 0.1) is 0 Å². The Hall–Kier alpha value is -0.870. The van der Waals surface area contributed by atoms with Crippen LogP contribution in [0.1, 0.15) is 103 Å². The average Bonchev–Trinajstić information content (AvgIpc) is 2.57. The number of rotatable bonds is 16. The molecule has 0 aromatic carbocycles. The van der Waals surface area contributed by atoms with Crippen molar-refractivity contribution in [2.75, 3.05) is 0 Å². The van der Waals surface area contributed by atoms with Crippen LogP contribution < -0.4 is 5.73 Å². The monoisotopic (exact) mass is 343 g/mol. The van der Waals surface area contributed by atoms with Gasteiger partial charge in [0, 0.05) is 6.42 Å². The van der Waals surface area contributed by atoms with Gasteiger partial charge in [-0.15, -0.1) is 13.2 Å². The summed E-state index contributed by atoms with van der Waals surface area (Å²) in [6.45, 7) is 8.25. The fraction of sp³-hybridized carbons (Fsp3) is 0.850. The number of carbonyl (C=O) groups excluding carboxylic acids is 1. The SMILES string of the molecule is C=C.CCCCCCCCCCCCCCCCC(O)(O)C(N)=O. The first-order valence-corrected chi connectivity index (χ1v) is 9.75. The molecule has 0 bridgehead atoms. The van der Waals surface area contributed by atoms with E-state index in [1.54, 1.807) is 0 Å². The van der Waals surface area contributed by atoms with Crippen LogP contribution in [0.4, 0.5) is 0 Å². The van der Waals surface area contributed by atoms with Crippen molar-refractivity contribution in [1.29, 1.82) is 0 Å². The van der Waals surface area contributed by atoms with Crippen LogP contribution in [-0.2, 0) is 4.79 Å². The van der Waals surface area contributed by atoms with E-state index in [9.17, 15) is 15.0 Å². The van der Waals surface area contributed by atoms with Gasteiger partial charge in [0.15, 0.2) is 0 Å². The molecule has 4 N–H and O–H groups in total. The topological polar surface area (TPSA) is 83.6 Å². The summed E-state index contributed by atoms with van der Waals surface area (Å²) in [7, 11) is 0. The molecule has 24 heavy (non-hydrogen) atoms. The Morgan fingerprint density at radius 2 is 1.04 bits per heavy atom. The van der Waals surface area contributed by atoms with Crippen LogP contribution in [-0.4, -0.2) is 21.9 Å². The maximum Gasteiger partial charge on any atom is 0.277 e. The number of aliphatic hydroxyl groups is 2. The molecule has 4 nitrogen and oxygen atoms in total. The summed E-state index contributed by atoms with van der Waals surface area (Å²) in [5, 5.41) is 18.5. The van der Waals surface area contributed by atoms with Gasteiger partial charge in [0.25, 0.3) is 5.91 Å². The largest absolute Gasteiger partial charge is 0.365 e. The summed E-state index contributed by atoms with van der Waals surface area (Å²) in [4.78, 5) is 10.7. The first-order chi connectivity index (χ1) is 11.5. The Labute approximate surface area is 149 Å². The van der Waals surface area contributed by atoms with Crippen molar-refractivity contribution >= 4 is 5.91 Å². The van der Waals surface area contributed by atoms with Gasteiger partial charge in [0.2, 0.25) is 5.79 Å². The first-order valence-electron chi connectivity index (χ1n) is 9.75. The van der Waals surface area contributed by atoms with Crippen molar-refractivity contribution in [3.05, 3.63) is 13.2 Å². The zero-order chi connectivity index (χ0) is 18.7. The minimum Gasteiger partial charge on any atom is -0.365 e. The Morgan fingerprint density at radius 1 is 0.750 bits per heavy atom. The molecule has 0 fully saturated rings. The van der Waals surface area contributed by atoms with Crippen LogP contribution in [0.5, 0.6) is 0 Å². The number of primary amides is 1. The Morgan fingerprint density at radius 3 is 1.33 bits per heavy atom. The molecule has 0 aliphatic heterocycles. The Bertz CT molecular complexity index is 280. The van der Waals surface area contributed by atoms with Crippen LogP contribution >= 0.6 is 0 Å². The molecular formula is C20H41NO3. The van der Waals surface area contributed by atoms with Gasteiger partial charge in [-0.05, 0) is 6.42 Å². The highest BCUT2D eigenvalue weighted by Gasteiger charge is 2.29. The zero-order valence-corrected chi connectivity index (χ0v) is 15.9. The van der Waals surface area contributed by atoms with Crippen LogP contribution in [0.2, 0.25) is 0 Å². The molecule has 4 heteroatoms. The van der Waals surface area contributed by atoms with E-state index in [0.29, 0.717) is 6.42 Å². The minimum absolute atomic E-state index is 0.0420. The fourth-order valence-corrected chi connectivity index (χ4v) is 2.69. The molecule has 0 aliphatic carbocycles. The third-order valence-corrected chi connectivity index (χ3v) is 4.27. The summed E-state index contributed by atoms with van der Waals surface area (Å²) in [5.74, 6) is -3.38. The third kappa shape index (κ3) is 17.5. The Balaban J connectivity index is 0. The summed E-state index contributed by atoms with van der Waals surface area (Å²) < 4.78 is 0. The summed E-state index contributed by atoms with van der Waals surface area (Å²) >= 11 is 0. The van der Waals surface area contributed by atoms with Crippen LogP contribution in [0.15, 0.2) is 13.2 Å². The Kier molecular flexibility index (Phi) is 19.5. The van der Waals surface area contributed by atoms with Gasteiger partial charge in [-0.1, -0.05) is 90.4 Å². The maximum atomic E-state index is 10.7. The lowest BCUT2D eigenvalue weighted by Crippen LogP contribution is -2.43. The molecule has 0 saturated carbocycles. The molecule has 0 heterocycles. The predicted octanol–water partition coefficient (Wildman–Crippen LogP) is 4.83. The molecule has 0 rings (SSSR count). The highest BCUT2D eigenvalue weighted by Crippen LogP contribution is 2.15. The zero-order valence-electron chi connectivity index (χ0n) is 15.9. The molecule has 0 unspecified atom stereocenters. The van der Waals surface area contributed by atoms with Crippen LogP contribution in [0, 0.1) is 0 Å². The van der Waals surface area contributed by atoms with Gasteiger partial charge >= 0.3 is 0 Å². The van der Waals surface area contributed by atoms with E-state index >= 15 is 0 Å². The van der Waals surface area contributed by atoms with Gasteiger partial charge in [-0.2, -0.15) is 0 Å². The molecule has 0 spiro atoms. The van der Waals surface area contributed by atoms with E-state index in [0.717, 1.165) is 12.8 Å². The second-order valence-corrected chi connectivity index (χ2v) is 6.53. The smallest absolute Gasteiger partial charge is 0.277 e. The highest BCUT2D eigenvalue weighted by atomic mass is 16.5. The summed E-state index contributed by atoms with van der Waals surface area (Å²) in [6, 6.07) is 0. The average molecular weight is 344 g/mol. The molecule has 1 amide bonds. The van der Waals surface area contributed by atoms with E-state index in [1.807, 2.05) is 0 Å². The number of carbonyl (C=O) groups is 1. The van der Waals surface area contributed by atoms with E-state index in [1.165, 1.54) is 70.6 Å². The molecule has 0 aromatic heterocycles. The van der Waals surface area contributed by atoms with E-state index in [4.69, 9.17) is 5.73 Å². The molecule has 0 radical (unpaired) electrons. The maximum absolute atomic E-state index is 10.7. The van der Waals surface area contributed by atoms with E-state index in [-0.39, 0.29) is 6.42 Å². The van der Waals surface area contributed by atoms with E-state index in [2.05, 4.69) is 20.1 Å². The van der Waals surface area contributed by atoms with Gasteiger partial charge in [-0.25, -0.2) is 0 Å². The number of nitrogens with two attached hydrogens (primary N) is 1. The van der Waals surface area contributed by atoms with Crippen molar-refractivity contribution in [1.82, 2.24) is 0 Å². The van der Waals surface area contributed by atoms with Crippen molar-refractivity contribution < 1.29 is 15.0 Å². The summed E-state index contributed by atoms with van der Waals surface area (Å²) in [5.41, 5.74) is 4.89. The van der Waals surface area contributed by atoms with Crippen molar-refractivity contribution in [3.8, 4) is 0 Å².